The van der Waals surface area contributed by atoms with Gasteiger partial charge in [-0.1, -0.05) is 56.3 Å². The van der Waals surface area contributed by atoms with Crippen LogP contribution in [0.5, 0.6) is 0 Å². The molecule has 92 valence electrons. The number of nitrogens with two attached hydrogens (primary N) is 1. The molecule has 0 aliphatic carbocycles. The van der Waals surface area contributed by atoms with Gasteiger partial charge in [0.25, 0.3) is 0 Å². The van der Waals surface area contributed by atoms with Crippen LogP contribution in [0.1, 0.15) is 30.9 Å². The highest BCUT2D eigenvalue weighted by molar-refractivity contribution is 5.96. The molecule has 0 aliphatic rings. The monoisotopic (exact) mass is 238 g/mol. The van der Waals surface area contributed by atoms with E-state index in [1.54, 1.807) is 0 Å². The summed E-state index contributed by atoms with van der Waals surface area (Å²) in [7, 11) is 0. The molecule has 0 heterocycles. The number of nitrogens with one attached hydrogen (secondary N) is 1. The fourth-order valence-corrected chi connectivity index (χ4v) is 1.93. The highest BCUT2D eigenvalue weighted by Crippen LogP contribution is 2.23. The van der Waals surface area contributed by atoms with E-state index in [1.807, 2.05) is 24.3 Å². The molecule has 2 rings (SSSR count). The van der Waals surface area contributed by atoms with Crippen molar-refractivity contribution in [1.82, 2.24) is 0 Å². The molecule has 0 radical (unpaired) electrons. The Morgan fingerprint density at radius 1 is 1.00 bits per heavy atom. The molecule has 0 spiro atoms. The summed E-state index contributed by atoms with van der Waals surface area (Å²) in [6, 6.07) is 16.3. The predicted octanol–water partition coefficient (Wildman–Crippen LogP) is 3.76. The van der Waals surface area contributed by atoms with Crippen LogP contribution in [-0.2, 0) is 0 Å². The van der Waals surface area contributed by atoms with Crippen LogP contribution in [0.15, 0.2) is 48.5 Å². The van der Waals surface area contributed by atoms with Crippen LogP contribution in [-0.4, -0.2) is 5.84 Å². The second-order valence-electron chi connectivity index (χ2n) is 4.77. The number of hydrogen-bond donors (Lipinski definition) is 2. The van der Waals surface area contributed by atoms with Crippen molar-refractivity contribution in [2.24, 2.45) is 5.73 Å². The third-order valence-corrected chi connectivity index (χ3v) is 3.08. The van der Waals surface area contributed by atoms with Gasteiger partial charge in [0.15, 0.2) is 0 Å². The largest absolute Gasteiger partial charge is 0.384 e. The molecule has 2 aromatic carbocycles. The zero-order chi connectivity index (χ0) is 13.1. The van der Waals surface area contributed by atoms with Crippen molar-refractivity contribution in [2.45, 2.75) is 19.8 Å². The van der Waals surface area contributed by atoms with Crippen LogP contribution in [0.25, 0.3) is 11.1 Å². The van der Waals surface area contributed by atoms with Gasteiger partial charge in [0.2, 0.25) is 0 Å². The van der Waals surface area contributed by atoms with Crippen LogP contribution in [0.4, 0.5) is 0 Å². The first-order valence-corrected chi connectivity index (χ1v) is 6.12. The van der Waals surface area contributed by atoms with E-state index in [0.717, 1.165) is 16.7 Å². The van der Waals surface area contributed by atoms with E-state index in [4.69, 9.17) is 11.1 Å². The number of amidine groups is 1. The van der Waals surface area contributed by atoms with E-state index in [1.165, 1.54) is 5.56 Å². The average Bonchev–Trinajstić information content (AvgIpc) is 2.39. The van der Waals surface area contributed by atoms with Gasteiger partial charge in [-0.3, -0.25) is 5.41 Å². The molecule has 0 saturated carbocycles. The lowest BCUT2D eigenvalue weighted by atomic mass is 9.98. The molecular formula is C16H18N2. The van der Waals surface area contributed by atoms with Crippen LogP contribution in [0.2, 0.25) is 0 Å². The Bertz CT molecular complexity index is 554. The Morgan fingerprint density at radius 3 is 2.22 bits per heavy atom. The summed E-state index contributed by atoms with van der Waals surface area (Å²) in [6.07, 6.45) is 0. The summed E-state index contributed by atoms with van der Waals surface area (Å²) in [5.41, 5.74) is 9.86. The lowest BCUT2D eigenvalue weighted by molar-refractivity contribution is 0.867. The number of nitrogen functional groups attached to an aromatic ring is 1. The summed E-state index contributed by atoms with van der Waals surface area (Å²) in [4.78, 5) is 0. The third kappa shape index (κ3) is 2.59. The Kier molecular flexibility index (Phi) is 3.47. The smallest absolute Gasteiger partial charge is 0.122 e. The summed E-state index contributed by atoms with van der Waals surface area (Å²) in [5.74, 6) is 0.651. The minimum atomic E-state index is 0.107. The summed E-state index contributed by atoms with van der Waals surface area (Å²) in [6.45, 7) is 4.37. The molecule has 2 nitrogen and oxygen atoms in total. The first kappa shape index (κ1) is 12.4. The van der Waals surface area contributed by atoms with Crippen molar-refractivity contribution in [1.29, 1.82) is 5.41 Å². The van der Waals surface area contributed by atoms with E-state index in [9.17, 15) is 0 Å². The zero-order valence-corrected chi connectivity index (χ0v) is 10.8. The van der Waals surface area contributed by atoms with Gasteiger partial charge in [0.1, 0.15) is 5.84 Å². The highest BCUT2D eigenvalue weighted by atomic mass is 14.7. The molecule has 2 aromatic rings. The second-order valence-corrected chi connectivity index (χ2v) is 4.77. The molecule has 0 fully saturated rings. The maximum atomic E-state index is 7.46. The quantitative estimate of drug-likeness (QED) is 0.620. The predicted molar refractivity (Wildman–Crippen MR) is 77.0 cm³/mol. The van der Waals surface area contributed by atoms with Gasteiger partial charge in [0.05, 0.1) is 0 Å². The Hall–Kier alpha value is -2.09. The lowest BCUT2D eigenvalue weighted by Gasteiger charge is -2.08. The number of hydrogen-bond acceptors (Lipinski definition) is 1. The van der Waals surface area contributed by atoms with Gasteiger partial charge in [-0.15, -0.1) is 0 Å². The van der Waals surface area contributed by atoms with Crippen LogP contribution in [0.3, 0.4) is 0 Å². The van der Waals surface area contributed by atoms with E-state index in [0.29, 0.717) is 5.92 Å². The van der Waals surface area contributed by atoms with Gasteiger partial charge < -0.3 is 5.73 Å². The molecule has 0 bridgehead atoms. The molecule has 0 aliphatic heterocycles. The molecule has 18 heavy (non-hydrogen) atoms. The normalized spacial score (nSPS) is 10.6. The molecule has 3 N–H and O–H groups in total. The zero-order valence-electron chi connectivity index (χ0n) is 10.8. The van der Waals surface area contributed by atoms with Gasteiger partial charge in [-0.25, -0.2) is 0 Å². The van der Waals surface area contributed by atoms with Crippen molar-refractivity contribution in [3.05, 3.63) is 59.7 Å². The summed E-state index contributed by atoms with van der Waals surface area (Å²) in [5, 5.41) is 7.46. The minimum absolute atomic E-state index is 0.107. The average molecular weight is 238 g/mol. The number of benzene rings is 2. The molecule has 0 atom stereocenters. The van der Waals surface area contributed by atoms with Crippen LogP contribution in [0, 0.1) is 5.41 Å². The van der Waals surface area contributed by atoms with Crippen molar-refractivity contribution in [3.63, 3.8) is 0 Å². The second kappa shape index (κ2) is 5.05. The van der Waals surface area contributed by atoms with Gasteiger partial charge in [-0.05, 0) is 28.7 Å². The fraction of sp³-hybridized carbons (Fsp3) is 0.188. The molecule has 0 amide bonds. The Morgan fingerprint density at radius 2 is 1.67 bits per heavy atom. The maximum absolute atomic E-state index is 7.46. The standard InChI is InChI=1S/C16H18N2/c1-11(2)12-6-8-13(9-7-12)14-4-3-5-15(10-14)16(17)18/h3-11H,1-2H3,(H3,17,18). The summed E-state index contributed by atoms with van der Waals surface area (Å²) >= 11 is 0. The first-order chi connectivity index (χ1) is 8.58. The van der Waals surface area contributed by atoms with Crippen molar-refractivity contribution in [3.8, 4) is 11.1 Å². The van der Waals surface area contributed by atoms with Gasteiger partial charge in [-0.2, -0.15) is 0 Å². The molecule has 0 aromatic heterocycles. The van der Waals surface area contributed by atoms with E-state index in [2.05, 4.69) is 38.1 Å². The first-order valence-electron chi connectivity index (χ1n) is 6.12. The van der Waals surface area contributed by atoms with Gasteiger partial charge in [0, 0.05) is 5.56 Å². The minimum Gasteiger partial charge on any atom is -0.384 e. The Balaban J connectivity index is 2.36. The fourth-order valence-electron chi connectivity index (χ4n) is 1.93. The van der Waals surface area contributed by atoms with E-state index < -0.39 is 0 Å². The van der Waals surface area contributed by atoms with Gasteiger partial charge >= 0.3 is 0 Å². The number of rotatable bonds is 3. The van der Waals surface area contributed by atoms with Crippen LogP contribution < -0.4 is 5.73 Å². The SMILES string of the molecule is CC(C)c1ccc(-c2cccc(C(=N)N)c2)cc1. The van der Waals surface area contributed by atoms with E-state index >= 15 is 0 Å². The van der Waals surface area contributed by atoms with Crippen molar-refractivity contribution >= 4 is 5.84 Å². The summed E-state index contributed by atoms with van der Waals surface area (Å²) < 4.78 is 0. The topological polar surface area (TPSA) is 49.9 Å². The molecule has 2 heteroatoms. The van der Waals surface area contributed by atoms with Crippen molar-refractivity contribution in [2.75, 3.05) is 0 Å². The highest BCUT2D eigenvalue weighted by Gasteiger charge is 2.03. The maximum Gasteiger partial charge on any atom is 0.122 e. The lowest BCUT2D eigenvalue weighted by Crippen LogP contribution is -2.10. The molecule has 0 saturated heterocycles. The third-order valence-electron chi connectivity index (χ3n) is 3.08. The Labute approximate surface area is 108 Å². The van der Waals surface area contributed by atoms with Crippen LogP contribution >= 0.6 is 0 Å². The van der Waals surface area contributed by atoms with E-state index in [-0.39, 0.29) is 5.84 Å². The van der Waals surface area contributed by atoms with Crippen molar-refractivity contribution < 1.29 is 0 Å². The molecular weight excluding hydrogens is 220 g/mol. The molecule has 0 unspecified atom stereocenters.